The maximum atomic E-state index is 12.7. The van der Waals surface area contributed by atoms with Crippen LogP contribution in [0.3, 0.4) is 0 Å². The Hall–Kier alpha value is -2.24. The highest BCUT2D eigenvalue weighted by molar-refractivity contribution is 5.96. The van der Waals surface area contributed by atoms with Gasteiger partial charge in [-0.15, -0.1) is 0 Å². The van der Waals surface area contributed by atoms with Crippen LogP contribution in [0, 0.1) is 20.8 Å². The van der Waals surface area contributed by atoms with E-state index in [1.807, 2.05) is 18.0 Å². The molecule has 0 aliphatic carbocycles. The van der Waals surface area contributed by atoms with Crippen molar-refractivity contribution < 1.29 is 9.32 Å². The minimum absolute atomic E-state index is 0.00145. The third-order valence-electron chi connectivity index (χ3n) is 4.15. The molecule has 0 unspecified atom stereocenters. The van der Waals surface area contributed by atoms with Gasteiger partial charge < -0.3 is 9.42 Å². The van der Waals surface area contributed by atoms with E-state index in [0.29, 0.717) is 23.6 Å². The summed E-state index contributed by atoms with van der Waals surface area (Å²) in [6.45, 7) is 6.95. The second kappa shape index (κ2) is 5.87. The van der Waals surface area contributed by atoms with Crippen LogP contribution >= 0.6 is 0 Å². The minimum atomic E-state index is 0.00145. The van der Waals surface area contributed by atoms with Gasteiger partial charge in [0.2, 0.25) is 0 Å². The summed E-state index contributed by atoms with van der Waals surface area (Å²) in [5.74, 6) is 0.826. The number of nitrogens with zero attached hydrogens (tertiary/aromatic N) is 4. The first-order valence-electron chi connectivity index (χ1n) is 7.57. The summed E-state index contributed by atoms with van der Waals surface area (Å²) < 4.78 is 5.11. The highest BCUT2D eigenvalue weighted by Crippen LogP contribution is 2.27. The molecule has 22 heavy (non-hydrogen) atoms. The summed E-state index contributed by atoms with van der Waals surface area (Å²) in [5, 5.41) is 3.88. The molecular formula is C16H20N4O2. The van der Waals surface area contributed by atoms with Crippen molar-refractivity contribution in [3.63, 3.8) is 0 Å². The Morgan fingerprint density at radius 2 is 2.14 bits per heavy atom. The second-order valence-electron chi connectivity index (χ2n) is 5.87. The number of hydrogen-bond acceptors (Lipinski definition) is 5. The fourth-order valence-corrected chi connectivity index (χ4v) is 3.03. The number of rotatable bonds is 2. The number of aryl methyl sites for hydroxylation is 3. The van der Waals surface area contributed by atoms with E-state index in [4.69, 9.17) is 4.52 Å². The molecule has 1 aliphatic heterocycles. The third kappa shape index (κ3) is 2.73. The summed E-state index contributed by atoms with van der Waals surface area (Å²) in [6, 6.07) is 0. The largest absolute Gasteiger partial charge is 0.361 e. The molecule has 0 radical (unpaired) electrons. The van der Waals surface area contributed by atoms with Crippen LogP contribution in [0.2, 0.25) is 0 Å². The summed E-state index contributed by atoms with van der Waals surface area (Å²) in [4.78, 5) is 23.4. The van der Waals surface area contributed by atoms with Gasteiger partial charge in [0.15, 0.2) is 0 Å². The van der Waals surface area contributed by atoms with E-state index in [1.54, 1.807) is 20.0 Å². The second-order valence-corrected chi connectivity index (χ2v) is 5.87. The highest BCUT2D eigenvalue weighted by atomic mass is 16.5. The number of carbonyl (C=O) groups is 1. The molecule has 0 aromatic carbocycles. The number of aromatic nitrogens is 3. The van der Waals surface area contributed by atoms with Gasteiger partial charge in [0, 0.05) is 31.4 Å². The van der Waals surface area contributed by atoms with Crippen LogP contribution in [0.4, 0.5) is 0 Å². The van der Waals surface area contributed by atoms with Crippen molar-refractivity contribution >= 4 is 5.91 Å². The molecule has 2 aromatic heterocycles. The van der Waals surface area contributed by atoms with Gasteiger partial charge in [-0.05, 0) is 33.6 Å². The Balaban J connectivity index is 1.80. The van der Waals surface area contributed by atoms with Crippen molar-refractivity contribution in [2.75, 3.05) is 13.1 Å². The van der Waals surface area contributed by atoms with Crippen molar-refractivity contribution in [3.05, 3.63) is 40.8 Å². The first-order valence-corrected chi connectivity index (χ1v) is 7.57. The summed E-state index contributed by atoms with van der Waals surface area (Å²) in [5.41, 5.74) is 3.12. The molecule has 3 heterocycles. The molecular weight excluding hydrogens is 280 g/mol. The number of piperidine rings is 1. The van der Waals surface area contributed by atoms with E-state index in [9.17, 15) is 4.79 Å². The van der Waals surface area contributed by atoms with Gasteiger partial charge in [0.25, 0.3) is 5.91 Å². The molecule has 6 heteroatoms. The van der Waals surface area contributed by atoms with Gasteiger partial charge in [-0.1, -0.05) is 5.16 Å². The van der Waals surface area contributed by atoms with Gasteiger partial charge in [0.1, 0.15) is 11.3 Å². The third-order valence-corrected chi connectivity index (χ3v) is 4.15. The van der Waals surface area contributed by atoms with Crippen molar-refractivity contribution in [1.29, 1.82) is 0 Å². The molecule has 1 saturated heterocycles. The number of amides is 1. The SMILES string of the molecule is Cc1cncc([C@@H]2CCCN(C(=O)c3c(C)noc3C)C2)n1. The zero-order valence-electron chi connectivity index (χ0n) is 13.2. The van der Waals surface area contributed by atoms with E-state index in [1.165, 1.54) is 0 Å². The molecule has 1 amide bonds. The zero-order chi connectivity index (χ0) is 15.7. The van der Waals surface area contributed by atoms with Gasteiger partial charge >= 0.3 is 0 Å². The van der Waals surface area contributed by atoms with Crippen LogP contribution in [-0.2, 0) is 0 Å². The monoisotopic (exact) mass is 300 g/mol. The summed E-state index contributed by atoms with van der Waals surface area (Å²) >= 11 is 0. The molecule has 0 N–H and O–H groups in total. The number of carbonyl (C=O) groups excluding carboxylic acids is 1. The quantitative estimate of drug-likeness (QED) is 0.851. The minimum Gasteiger partial charge on any atom is -0.361 e. The Labute approximate surface area is 129 Å². The molecule has 3 rings (SSSR count). The van der Waals surface area contributed by atoms with E-state index in [0.717, 1.165) is 30.8 Å². The Bertz CT molecular complexity index is 676. The summed E-state index contributed by atoms with van der Waals surface area (Å²) in [7, 11) is 0. The molecule has 0 spiro atoms. The predicted octanol–water partition coefficient (Wildman–Crippen LogP) is 2.41. The van der Waals surface area contributed by atoms with Gasteiger partial charge in [-0.3, -0.25) is 14.8 Å². The molecule has 1 atom stereocenters. The normalized spacial score (nSPS) is 18.5. The molecule has 0 bridgehead atoms. The van der Waals surface area contributed by atoms with Crippen molar-refractivity contribution in [1.82, 2.24) is 20.0 Å². The van der Waals surface area contributed by atoms with Crippen molar-refractivity contribution in [2.24, 2.45) is 0 Å². The lowest BCUT2D eigenvalue weighted by Gasteiger charge is -2.32. The highest BCUT2D eigenvalue weighted by Gasteiger charge is 2.29. The van der Waals surface area contributed by atoms with Crippen LogP contribution in [0.5, 0.6) is 0 Å². The fourth-order valence-electron chi connectivity index (χ4n) is 3.03. The molecule has 1 fully saturated rings. The Morgan fingerprint density at radius 1 is 1.32 bits per heavy atom. The van der Waals surface area contributed by atoms with Crippen molar-refractivity contribution in [3.8, 4) is 0 Å². The fraction of sp³-hybridized carbons (Fsp3) is 0.500. The van der Waals surface area contributed by atoms with Crippen LogP contribution in [0.15, 0.2) is 16.9 Å². The van der Waals surface area contributed by atoms with Crippen LogP contribution in [0.1, 0.15) is 52.0 Å². The average Bonchev–Trinajstić information content (AvgIpc) is 2.86. The van der Waals surface area contributed by atoms with E-state index in [2.05, 4.69) is 15.1 Å². The van der Waals surface area contributed by atoms with Crippen LogP contribution in [0.25, 0.3) is 0 Å². The van der Waals surface area contributed by atoms with E-state index >= 15 is 0 Å². The van der Waals surface area contributed by atoms with Crippen LogP contribution in [-0.4, -0.2) is 39.0 Å². The molecule has 1 aliphatic rings. The lowest BCUT2D eigenvalue weighted by molar-refractivity contribution is 0.0703. The Morgan fingerprint density at radius 3 is 2.82 bits per heavy atom. The summed E-state index contributed by atoms with van der Waals surface area (Å²) in [6.07, 6.45) is 5.56. The van der Waals surface area contributed by atoms with Gasteiger partial charge in [-0.2, -0.15) is 0 Å². The molecule has 2 aromatic rings. The standard InChI is InChI=1S/C16H20N4O2/c1-10-7-17-8-14(18-10)13-5-4-6-20(9-13)16(21)15-11(2)19-22-12(15)3/h7-8,13H,4-6,9H2,1-3H3/t13-/m1/s1. The smallest absolute Gasteiger partial charge is 0.259 e. The first kappa shape index (κ1) is 14.7. The zero-order valence-corrected chi connectivity index (χ0v) is 13.2. The molecule has 6 nitrogen and oxygen atoms in total. The number of likely N-dealkylation sites (tertiary alicyclic amines) is 1. The Kier molecular flexibility index (Phi) is 3.92. The maximum Gasteiger partial charge on any atom is 0.259 e. The predicted molar refractivity (Wildman–Crippen MR) is 80.6 cm³/mol. The van der Waals surface area contributed by atoms with Crippen molar-refractivity contribution in [2.45, 2.75) is 39.5 Å². The van der Waals surface area contributed by atoms with Gasteiger partial charge in [0.05, 0.1) is 17.1 Å². The van der Waals surface area contributed by atoms with Crippen LogP contribution < -0.4 is 0 Å². The molecule has 0 saturated carbocycles. The average molecular weight is 300 g/mol. The van der Waals surface area contributed by atoms with Gasteiger partial charge in [-0.25, -0.2) is 0 Å². The van der Waals surface area contributed by atoms with E-state index < -0.39 is 0 Å². The first-order chi connectivity index (χ1) is 10.6. The molecule has 116 valence electrons. The lowest BCUT2D eigenvalue weighted by atomic mass is 9.94. The lowest BCUT2D eigenvalue weighted by Crippen LogP contribution is -2.39. The maximum absolute atomic E-state index is 12.7. The topological polar surface area (TPSA) is 72.1 Å². The number of hydrogen-bond donors (Lipinski definition) is 0. The van der Waals surface area contributed by atoms with E-state index in [-0.39, 0.29) is 11.8 Å².